The number of hydrogen-bond donors (Lipinski definition) is 1. The summed E-state index contributed by atoms with van der Waals surface area (Å²) >= 11 is 0. The summed E-state index contributed by atoms with van der Waals surface area (Å²) in [6.45, 7) is 3.97. The van der Waals surface area contributed by atoms with E-state index in [-0.39, 0.29) is 30.8 Å². The third kappa shape index (κ3) is 4.43. The molecule has 1 aliphatic heterocycles. The Kier molecular flexibility index (Phi) is 6.23. The lowest BCUT2D eigenvalue weighted by Crippen LogP contribution is -2.49. The van der Waals surface area contributed by atoms with E-state index in [1.54, 1.807) is 11.8 Å². The highest BCUT2D eigenvalue weighted by atomic mass is 35.5. The van der Waals surface area contributed by atoms with Crippen molar-refractivity contribution < 1.29 is 14.3 Å². The highest BCUT2D eigenvalue weighted by Gasteiger charge is 2.18. The Morgan fingerprint density at radius 3 is 2.93 bits per heavy atom. The third-order valence-electron chi connectivity index (χ3n) is 1.78. The topological polar surface area (TPSA) is 58.6 Å². The van der Waals surface area contributed by atoms with Crippen molar-refractivity contribution >= 4 is 24.3 Å². The molecule has 0 aromatic heterocycles. The van der Waals surface area contributed by atoms with Gasteiger partial charge in [-0.25, -0.2) is 0 Å². The van der Waals surface area contributed by atoms with Gasteiger partial charge < -0.3 is 10.1 Å². The number of amides is 1. The second-order valence-corrected chi connectivity index (χ2v) is 2.87. The first-order valence-corrected chi connectivity index (χ1v) is 4.37. The molecule has 1 aliphatic rings. The molecule has 1 amide bonds. The fourth-order valence-electron chi connectivity index (χ4n) is 1.22. The summed E-state index contributed by atoms with van der Waals surface area (Å²) in [5.41, 5.74) is 0. The molecule has 0 atom stereocenters. The fourth-order valence-corrected chi connectivity index (χ4v) is 1.22. The van der Waals surface area contributed by atoms with Gasteiger partial charge in [-0.3, -0.25) is 14.5 Å². The van der Waals surface area contributed by atoms with Crippen molar-refractivity contribution in [1.29, 1.82) is 0 Å². The van der Waals surface area contributed by atoms with Crippen molar-refractivity contribution in [3.05, 3.63) is 0 Å². The van der Waals surface area contributed by atoms with Crippen LogP contribution in [0.5, 0.6) is 0 Å². The molecular formula is C8H15ClN2O3. The first-order chi connectivity index (χ1) is 6.22. The molecule has 0 spiro atoms. The number of nitrogens with one attached hydrogen (secondary N) is 1. The third-order valence-corrected chi connectivity index (χ3v) is 1.78. The highest BCUT2D eigenvalue weighted by molar-refractivity contribution is 5.85. The van der Waals surface area contributed by atoms with Crippen LogP contribution < -0.4 is 5.32 Å². The average molecular weight is 223 g/mol. The molecule has 1 rings (SSSR count). The smallest absolute Gasteiger partial charge is 0.320 e. The van der Waals surface area contributed by atoms with Crippen LogP contribution >= 0.6 is 12.4 Å². The lowest BCUT2D eigenvalue weighted by atomic mass is 10.3. The largest absolute Gasteiger partial charge is 0.465 e. The molecule has 82 valence electrons. The zero-order valence-corrected chi connectivity index (χ0v) is 8.93. The first-order valence-electron chi connectivity index (χ1n) is 4.37. The Morgan fingerprint density at radius 1 is 1.64 bits per heavy atom. The van der Waals surface area contributed by atoms with Crippen molar-refractivity contribution in [2.45, 2.75) is 6.92 Å². The Balaban J connectivity index is 0.00000169. The van der Waals surface area contributed by atoms with Gasteiger partial charge in [0.2, 0.25) is 5.91 Å². The number of piperazine rings is 1. The minimum atomic E-state index is -0.266. The van der Waals surface area contributed by atoms with Crippen LogP contribution in [0.15, 0.2) is 0 Å². The van der Waals surface area contributed by atoms with Crippen LogP contribution in [0, 0.1) is 0 Å². The van der Waals surface area contributed by atoms with Gasteiger partial charge in [0.1, 0.15) is 0 Å². The maximum atomic E-state index is 11.0. The van der Waals surface area contributed by atoms with Gasteiger partial charge in [-0.15, -0.1) is 12.4 Å². The molecule has 1 N–H and O–H groups in total. The molecule has 6 heteroatoms. The van der Waals surface area contributed by atoms with Crippen LogP contribution in [0.1, 0.15) is 6.92 Å². The van der Waals surface area contributed by atoms with Crippen LogP contribution in [0.4, 0.5) is 0 Å². The summed E-state index contributed by atoms with van der Waals surface area (Å²) in [4.78, 5) is 23.7. The van der Waals surface area contributed by atoms with Crippen LogP contribution in [0.2, 0.25) is 0 Å². The van der Waals surface area contributed by atoms with Gasteiger partial charge in [0.15, 0.2) is 0 Å². The summed E-state index contributed by atoms with van der Waals surface area (Å²) in [7, 11) is 0. The van der Waals surface area contributed by atoms with Gasteiger partial charge >= 0.3 is 5.97 Å². The molecule has 0 aromatic carbocycles. The minimum Gasteiger partial charge on any atom is -0.465 e. The van der Waals surface area contributed by atoms with Gasteiger partial charge in [0, 0.05) is 13.1 Å². The number of carbonyl (C=O) groups excluding carboxylic acids is 2. The predicted molar refractivity (Wildman–Crippen MR) is 53.3 cm³/mol. The number of ether oxygens (including phenoxy) is 1. The van der Waals surface area contributed by atoms with Gasteiger partial charge in [-0.1, -0.05) is 0 Å². The van der Waals surface area contributed by atoms with E-state index in [0.717, 1.165) is 0 Å². The van der Waals surface area contributed by atoms with Crippen LogP contribution in [0.25, 0.3) is 0 Å². The Labute approximate surface area is 89.2 Å². The summed E-state index contributed by atoms with van der Waals surface area (Å²) in [5, 5.41) is 2.68. The fraction of sp³-hybridized carbons (Fsp3) is 0.750. The van der Waals surface area contributed by atoms with Crippen molar-refractivity contribution in [2.75, 3.05) is 32.8 Å². The van der Waals surface area contributed by atoms with E-state index in [0.29, 0.717) is 26.2 Å². The predicted octanol–water partition coefficient (Wildman–Crippen LogP) is -0.597. The summed E-state index contributed by atoms with van der Waals surface area (Å²) in [5.74, 6) is -0.298. The molecule has 0 aliphatic carbocycles. The van der Waals surface area contributed by atoms with E-state index in [9.17, 15) is 9.59 Å². The number of hydrogen-bond acceptors (Lipinski definition) is 4. The molecule has 0 radical (unpaired) electrons. The van der Waals surface area contributed by atoms with Crippen molar-refractivity contribution in [1.82, 2.24) is 10.2 Å². The molecule has 0 saturated carbocycles. The standard InChI is InChI=1S/C8H14N2O3.ClH/c1-2-13-8(12)6-10-4-3-9-7(11)5-10;/h2-6H2,1H3,(H,9,11);1H. The van der Waals surface area contributed by atoms with E-state index in [1.807, 2.05) is 0 Å². The normalized spacial score (nSPS) is 16.8. The average Bonchev–Trinajstić information content (AvgIpc) is 2.04. The second-order valence-electron chi connectivity index (χ2n) is 2.87. The number of carbonyl (C=O) groups is 2. The number of nitrogens with zero attached hydrogens (tertiary/aromatic N) is 1. The maximum Gasteiger partial charge on any atom is 0.320 e. The number of halogens is 1. The van der Waals surface area contributed by atoms with Crippen molar-refractivity contribution in [3.63, 3.8) is 0 Å². The zero-order chi connectivity index (χ0) is 9.68. The summed E-state index contributed by atoms with van der Waals surface area (Å²) < 4.78 is 4.77. The van der Waals surface area contributed by atoms with Gasteiger partial charge in [0.25, 0.3) is 0 Å². The van der Waals surface area contributed by atoms with E-state index < -0.39 is 0 Å². The van der Waals surface area contributed by atoms with Gasteiger partial charge in [0.05, 0.1) is 19.7 Å². The minimum absolute atomic E-state index is 0. The Bertz CT molecular complexity index is 211. The zero-order valence-electron chi connectivity index (χ0n) is 8.12. The SMILES string of the molecule is CCOC(=O)CN1CCNC(=O)C1.Cl. The first kappa shape index (κ1) is 13.2. The van der Waals surface area contributed by atoms with Crippen molar-refractivity contribution in [3.8, 4) is 0 Å². The summed E-state index contributed by atoms with van der Waals surface area (Å²) in [6.07, 6.45) is 0. The van der Waals surface area contributed by atoms with E-state index in [2.05, 4.69) is 5.32 Å². The molecule has 0 unspecified atom stereocenters. The molecule has 1 heterocycles. The molecule has 0 aromatic rings. The van der Waals surface area contributed by atoms with Crippen molar-refractivity contribution in [2.24, 2.45) is 0 Å². The number of rotatable bonds is 3. The Morgan fingerprint density at radius 2 is 2.36 bits per heavy atom. The highest BCUT2D eigenvalue weighted by Crippen LogP contribution is 1.93. The van der Waals surface area contributed by atoms with E-state index in [4.69, 9.17) is 4.74 Å². The monoisotopic (exact) mass is 222 g/mol. The lowest BCUT2D eigenvalue weighted by Gasteiger charge is -2.25. The molecule has 14 heavy (non-hydrogen) atoms. The summed E-state index contributed by atoms with van der Waals surface area (Å²) in [6, 6.07) is 0. The quantitative estimate of drug-likeness (QED) is 0.649. The molecule has 1 fully saturated rings. The maximum absolute atomic E-state index is 11.0. The molecule has 0 bridgehead atoms. The lowest BCUT2D eigenvalue weighted by molar-refractivity contribution is -0.145. The van der Waals surface area contributed by atoms with E-state index >= 15 is 0 Å². The van der Waals surface area contributed by atoms with Gasteiger partial charge in [-0.2, -0.15) is 0 Å². The van der Waals surface area contributed by atoms with Crippen LogP contribution in [-0.4, -0.2) is 49.6 Å². The van der Waals surface area contributed by atoms with E-state index in [1.165, 1.54) is 0 Å². The number of esters is 1. The van der Waals surface area contributed by atoms with Crippen LogP contribution in [-0.2, 0) is 14.3 Å². The Hall–Kier alpha value is -0.810. The van der Waals surface area contributed by atoms with Crippen LogP contribution in [0.3, 0.4) is 0 Å². The second kappa shape index (κ2) is 6.62. The molecule has 5 nitrogen and oxygen atoms in total. The van der Waals surface area contributed by atoms with Gasteiger partial charge in [-0.05, 0) is 6.92 Å². The molecular weight excluding hydrogens is 208 g/mol. The molecule has 1 saturated heterocycles.